The van der Waals surface area contributed by atoms with Crippen molar-refractivity contribution in [2.24, 2.45) is 0 Å². The van der Waals surface area contributed by atoms with Crippen LogP contribution in [-0.4, -0.2) is 6.71 Å². The van der Waals surface area contributed by atoms with Gasteiger partial charge in [-0.15, -0.1) is 0 Å². The number of fused-ring (bicyclic) bond motifs is 4. The van der Waals surface area contributed by atoms with Crippen molar-refractivity contribution in [3.05, 3.63) is 119 Å². The van der Waals surface area contributed by atoms with Gasteiger partial charge in [0.15, 0.2) is 0 Å². The number of hydrogen-bond donors (Lipinski definition) is 0. The second-order valence-corrected chi connectivity index (χ2v) is 14.5. The van der Waals surface area contributed by atoms with E-state index in [2.05, 4.69) is 157 Å². The molecule has 0 fully saturated rings. The smallest absolute Gasteiger partial charge is 0.260 e. The van der Waals surface area contributed by atoms with E-state index in [1.54, 1.807) is 0 Å². The van der Waals surface area contributed by atoms with E-state index in [-0.39, 0.29) is 17.5 Å². The van der Waals surface area contributed by atoms with Crippen LogP contribution in [0.5, 0.6) is 23.0 Å². The number of ether oxygens (including phenoxy) is 2. The van der Waals surface area contributed by atoms with Gasteiger partial charge in [0.1, 0.15) is 23.0 Å². The molecule has 2 aliphatic heterocycles. The summed E-state index contributed by atoms with van der Waals surface area (Å²) < 4.78 is 13.5. The number of hydrogen-bond acceptors (Lipinski definition) is 3. The Morgan fingerprint density at radius 3 is 1.27 bits per heavy atom. The van der Waals surface area contributed by atoms with Crippen LogP contribution in [0.4, 0.5) is 17.1 Å². The van der Waals surface area contributed by atoms with E-state index in [0.29, 0.717) is 0 Å². The number of anilines is 3. The molecule has 0 saturated carbocycles. The van der Waals surface area contributed by atoms with Crippen molar-refractivity contribution in [2.45, 2.75) is 66.2 Å². The predicted molar refractivity (Wildman–Crippen MR) is 186 cm³/mol. The van der Waals surface area contributed by atoms with E-state index in [9.17, 15) is 0 Å². The van der Waals surface area contributed by atoms with Crippen molar-refractivity contribution in [1.82, 2.24) is 0 Å². The molecular weight excluding hydrogens is 537 g/mol. The third-order valence-corrected chi connectivity index (χ3v) is 9.02. The van der Waals surface area contributed by atoms with Crippen molar-refractivity contribution in [3.8, 4) is 23.0 Å². The van der Waals surface area contributed by atoms with E-state index >= 15 is 0 Å². The van der Waals surface area contributed by atoms with Crippen molar-refractivity contribution in [1.29, 1.82) is 0 Å². The van der Waals surface area contributed by atoms with Crippen LogP contribution in [0, 0.1) is 13.8 Å². The fraction of sp³-hybridized carbons (Fsp3) is 0.250. The Kier molecular flexibility index (Phi) is 6.48. The first-order valence-corrected chi connectivity index (χ1v) is 15.6. The van der Waals surface area contributed by atoms with Gasteiger partial charge in [0.25, 0.3) is 6.71 Å². The van der Waals surface area contributed by atoms with Gasteiger partial charge < -0.3 is 14.4 Å². The maximum atomic E-state index is 6.73. The molecule has 3 nitrogen and oxygen atoms in total. The van der Waals surface area contributed by atoms with Gasteiger partial charge in [-0.05, 0) is 94.3 Å². The van der Waals surface area contributed by atoms with E-state index in [4.69, 9.17) is 9.47 Å². The van der Waals surface area contributed by atoms with Crippen LogP contribution >= 0.6 is 0 Å². The first kappa shape index (κ1) is 28.3. The van der Waals surface area contributed by atoms with Crippen LogP contribution in [0.15, 0.2) is 97.1 Å². The van der Waals surface area contributed by atoms with Gasteiger partial charge in [0.05, 0.1) is 5.69 Å². The lowest BCUT2D eigenvalue weighted by Crippen LogP contribution is -2.57. The molecule has 0 atom stereocenters. The fourth-order valence-corrected chi connectivity index (χ4v) is 6.49. The SMILES string of the molecule is Cc1ccc2c(c1)Oc1cc(N(c3ccc(C(C)(C)C)cc3)c3ccc(C(C)(C)C)cc3)cc3c1B2c1ccc(C)cc1O3. The lowest BCUT2D eigenvalue weighted by Gasteiger charge is -2.35. The molecule has 0 aromatic heterocycles. The molecule has 0 aliphatic carbocycles. The van der Waals surface area contributed by atoms with Gasteiger partial charge >= 0.3 is 0 Å². The Hall–Kier alpha value is -4.44. The summed E-state index contributed by atoms with van der Waals surface area (Å²) in [4.78, 5) is 2.31. The highest BCUT2D eigenvalue weighted by Crippen LogP contribution is 2.43. The second kappa shape index (κ2) is 10.1. The number of rotatable bonds is 3. The van der Waals surface area contributed by atoms with Crippen LogP contribution in [0.3, 0.4) is 0 Å². The molecule has 0 amide bonds. The zero-order chi connectivity index (χ0) is 31.0. The van der Waals surface area contributed by atoms with Crippen molar-refractivity contribution >= 4 is 40.2 Å². The third kappa shape index (κ3) is 4.87. The van der Waals surface area contributed by atoms with Gasteiger partial charge in [-0.1, -0.05) is 90.1 Å². The second-order valence-electron chi connectivity index (χ2n) is 14.5. The summed E-state index contributed by atoms with van der Waals surface area (Å²) in [5.41, 5.74) is 11.7. The third-order valence-electron chi connectivity index (χ3n) is 9.02. The molecule has 2 heterocycles. The van der Waals surface area contributed by atoms with Gasteiger partial charge in [-0.2, -0.15) is 0 Å². The minimum Gasteiger partial charge on any atom is -0.458 e. The Morgan fingerprint density at radius 2 is 0.886 bits per heavy atom. The van der Waals surface area contributed by atoms with E-state index in [0.717, 1.165) is 45.5 Å². The summed E-state index contributed by atoms with van der Waals surface area (Å²) in [5, 5.41) is 0. The zero-order valence-electron chi connectivity index (χ0n) is 27.1. The minimum atomic E-state index is 0.0494. The highest BCUT2D eigenvalue weighted by Gasteiger charge is 2.40. The van der Waals surface area contributed by atoms with E-state index in [1.807, 2.05) is 0 Å². The minimum absolute atomic E-state index is 0.0494. The zero-order valence-corrected chi connectivity index (χ0v) is 27.1. The van der Waals surface area contributed by atoms with Crippen molar-refractivity contribution in [3.63, 3.8) is 0 Å². The molecule has 4 heteroatoms. The average Bonchev–Trinajstić information content (AvgIpc) is 2.96. The lowest BCUT2D eigenvalue weighted by molar-refractivity contribution is 0.464. The first-order chi connectivity index (χ1) is 20.9. The molecule has 0 radical (unpaired) electrons. The van der Waals surface area contributed by atoms with Gasteiger partial charge in [-0.25, -0.2) is 0 Å². The normalized spacial score (nSPS) is 13.3. The molecule has 7 rings (SSSR count). The monoisotopic (exact) mass is 577 g/mol. The molecule has 0 bridgehead atoms. The first-order valence-electron chi connectivity index (χ1n) is 15.6. The molecule has 0 saturated heterocycles. The van der Waals surface area contributed by atoms with Gasteiger partial charge in [0.2, 0.25) is 0 Å². The summed E-state index contributed by atoms with van der Waals surface area (Å²) in [5.74, 6) is 3.51. The van der Waals surface area contributed by atoms with Gasteiger partial charge in [-0.3, -0.25) is 0 Å². The number of aryl methyl sites for hydroxylation is 2. The molecule has 0 N–H and O–H groups in total. The Morgan fingerprint density at radius 1 is 0.477 bits per heavy atom. The number of nitrogens with zero attached hydrogens (tertiary/aromatic N) is 1. The van der Waals surface area contributed by atoms with Crippen LogP contribution in [0.2, 0.25) is 0 Å². The summed E-state index contributed by atoms with van der Waals surface area (Å²) >= 11 is 0. The average molecular weight is 578 g/mol. The fourth-order valence-electron chi connectivity index (χ4n) is 6.49. The Bertz CT molecular complexity index is 1760. The molecule has 2 aliphatic rings. The highest BCUT2D eigenvalue weighted by atomic mass is 16.5. The summed E-state index contributed by atoms with van der Waals surface area (Å²) in [6.07, 6.45) is 0. The maximum absolute atomic E-state index is 6.73. The number of benzene rings is 5. The molecular formula is C40H40BNO2. The molecule has 220 valence electrons. The summed E-state index contributed by atoms with van der Waals surface area (Å²) in [6, 6.07) is 35.4. The van der Waals surface area contributed by atoms with Gasteiger partial charge in [0, 0.05) is 29.0 Å². The topological polar surface area (TPSA) is 21.7 Å². The standard InChI is InChI=1S/C40H40BNO2/c1-25-9-19-32-34(21-25)43-36-23-31(24-37-38(36)41(32)33-20-10-26(2)22-35(33)44-37)42(29-15-11-27(12-16-29)39(3,4)5)30-17-13-28(14-18-30)40(6,7)8/h9-24H,1-8H3. The Balaban J connectivity index is 1.43. The molecule has 44 heavy (non-hydrogen) atoms. The largest absolute Gasteiger partial charge is 0.458 e. The van der Waals surface area contributed by atoms with Crippen molar-refractivity contribution in [2.75, 3.05) is 4.90 Å². The predicted octanol–water partition coefficient (Wildman–Crippen LogP) is 9.10. The quantitative estimate of drug-likeness (QED) is 0.196. The van der Waals surface area contributed by atoms with Crippen LogP contribution in [0.25, 0.3) is 0 Å². The molecule has 5 aromatic carbocycles. The summed E-state index contributed by atoms with van der Waals surface area (Å²) in [6.45, 7) is 17.8. The molecule has 5 aromatic rings. The Labute approximate surface area is 262 Å². The highest BCUT2D eigenvalue weighted by molar-refractivity contribution is 6.98. The van der Waals surface area contributed by atoms with Crippen molar-refractivity contribution < 1.29 is 9.47 Å². The van der Waals surface area contributed by atoms with Crippen LogP contribution < -0.4 is 30.8 Å². The van der Waals surface area contributed by atoms with E-state index < -0.39 is 0 Å². The maximum Gasteiger partial charge on any atom is 0.260 e. The summed E-state index contributed by atoms with van der Waals surface area (Å²) in [7, 11) is 0. The molecule has 0 unspecified atom stereocenters. The molecule has 0 spiro atoms. The van der Waals surface area contributed by atoms with Crippen LogP contribution in [0.1, 0.15) is 63.8 Å². The van der Waals surface area contributed by atoms with E-state index in [1.165, 1.54) is 33.2 Å². The lowest BCUT2D eigenvalue weighted by atomic mass is 9.35. The van der Waals surface area contributed by atoms with Crippen LogP contribution in [-0.2, 0) is 10.8 Å².